The first-order chi connectivity index (χ1) is 17.6. The second kappa shape index (κ2) is 10.2. The molecule has 0 heterocycles. The maximum Gasteiger partial charge on any atom is 0.167 e. The Balaban J connectivity index is 1.64. The second-order valence-electron chi connectivity index (χ2n) is 9.11. The summed E-state index contributed by atoms with van der Waals surface area (Å²) in [5, 5.41) is 0. The highest BCUT2D eigenvalue weighted by atomic mass is 16.5. The fourth-order valence-electron chi connectivity index (χ4n) is 5.47. The molecule has 0 aliphatic heterocycles. The Kier molecular flexibility index (Phi) is 6.68. The van der Waals surface area contributed by atoms with Crippen LogP contribution >= 0.6 is 0 Å². The van der Waals surface area contributed by atoms with E-state index >= 15 is 0 Å². The van der Waals surface area contributed by atoms with Crippen molar-refractivity contribution in [2.75, 3.05) is 14.2 Å². The minimum Gasteiger partial charge on any atom is -0.497 e. The number of rotatable bonds is 8. The van der Waals surface area contributed by atoms with Crippen LogP contribution in [0.2, 0.25) is 0 Å². The van der Waals surface area contributed by atoms with Gasteiger partial charge in [-0.25, -0.2) is 0 Å². The second-order valence-corrected chi connectivity index (χ2v) is 9.11. The van der Waals surface area contributed by atoms with Crippen molar-refractivity contribution >= 4 is 11.6 Å². The topological polar surface area (TPSA) is 52.6 Å². The van der Waals surface area contributed by atoms with Crippen molar-refractivity contribution in [2.45, 2.75) is 11.8 Å². The Bertz CT molecular complexity index is 1220. The summed E-state index contributed by atoms with van der Waals surface area (Å²) >= 11 is 0. The number of hydrogen-bond acceptors (Lipinski definition) is 4. The van der Waals surface area contributed by atoms with Gasteiger partial charge in [-0.3, -0.25) is 9.59 Å². The molecular weight excluding hydrogens is 448 g/mol. The molecule has 4 atom stereocenters. The first-order valence-corrected chi connectivity index (χ1v) is 12.1. The Labute approximate surface area is 211 Å². The molecule has 0 unspecified atom stereocenters. The van der Waals surface area contributed by atoms with Crippen LogP contribution in [0.15, 0.2) is 109 Å². The van der Waals surface area contributed by atoms with Gasteiger partial charge in [-0.2, -0.15) is 0 Å². The maximum atomic E-state index is 14.0. The normalized spacial score (nSPS) is 20.7. The lowest BCUT2D eigenvalue weighted by Gasteiger charge is -2.51. The molecule has 180 valence electrons. The average molecular weight is 477 g/mol. The van der Waals surface area contributed by atoms with E-state index in [4.69, 9.17) is 9.47 Å². The van der Waals surface area contributed by atoms with Crippen molar-refractivity contribution in [3.8, 4) is 11.5 Å². The molecule has 0 radical (unpaired) electrons. The fraction of sp³-hybridized carbons (Fsp3) is 0.188. The third-order valence-electron chi connectivity index (χ3n) is 7.27. The number of methoxy groups -OCH3 is 2. The zero-order valence-electron chi connectivity index (χ0n) is 20.3. The predicted molar refractivity (Wildman–Crippen MR) is 140 cm³/mol. The molecule has 0 aromatic heterocycles. The van der Waals surface area contributed by atoms with Crippen LogP contribution in [0.1, 0.15) is 43.7 Å². The molecule has 36 heavy (non-hydrogen) atoms. The number of hydrogen-bond donors (Lipinski definition) is 0. The first-order valence-electron chi connectivity index (χ1n) is 12.1. The number of carbonyl (C=O) groups is 2. The van der Waals surface area contributed by atoms with Crippen LogP contribution in [0.25, 0.3) is 0 Å². The molecule has 1 saturated carbocycles. The van der Waals surface area contributed by atoms with Gasteiger partial charge in [0.2, 0.25) is 0 Å². The molecule has 5 rings (SSSR count). The van der Waals surface area contributed by atoms with E-state index in [2.05, 4.69) is 0 Å². The predicted octanol–water partition coefficient (Wildman–Crippen LogP) is 6.58. The molecule has 4 aromatic carbocycles. The van der Waals surface area contributed by atoms with E-state index in [1.165, 1.54) is 0 Å². The van der Waals surface area contributed by atoms with Crippen molar-refractivity contribution in [3.05, 3.63) is 131 Å². The Hall–Kier alpha value is -4.18. The van der Waals surface area contributed by atoms with Gasteiger partial charge in [0, 0.05) is 34.8 Å². The van der Waals surface area contributed by atoms with Gasteiger partial charge in [-0.1, -0.05) is 84.9 Å². The Morgan fingerprint density at radius 2 is 0.833 bits per heavy atom. The minimum atomic E-state index is -0.486. The summed E-state index contributed by atoms with van der Waals surface area (Å²) in [4.78, 5) is 27.9. The van der Waals surface area contributed by atoms with E-state index < -0.39 is 11.8 Å². The van der Waals surface area contributed by atoms with Crippen LogP contribution in [-0.4, -0.2) is 25.8 Å². The van der Waals surface area contributed by atoms with E-state index in [1.54, 1.807) is 14.2 Å². The monoisotopic (exact) mass is 476 g/mol. The summed E-state index contributed by atoms with van der Waals surface area (Å²) in [7, 11) is 3.27. The van der Waals surface area contributed by atoms with Crippen LogP contribution in [0.3, 0.4) is 0 Å². The molecule has 4 heteroatoms. The van der Waals surface area contributed by atoms with Crippen LogP contribution in [0.5, 0.6) is 11.5 Å². The van der Waals surface area contributed by atoms with Gasteiger partial charge in [0.25, 0.3) is 0 Å². The molecule has 1 fully saturated rings. The van der Waals surface area contributed by atoms with Crippen molar-refractivity contribution in [2.24, 2.45) is 11.8 Å². The fourth-order valence-corrected chi connectivity index (χ4v) is 5.47. The molecule has 0 bridgehead atoms. The molecule has 1 aliphatic carbocycles. The van der Waals surface area contributed by atoms with E-state index in [-0.39, 0.29) is 23.4 Å². The Morgan fingerprint density at radius 1 is 0.500 bits per heavy atom. The largest absolute Gasteiger partial charge is 0.497 e. The van der Waals surface area contributed by atoms with Gasteiger partial charge in [-0.15, -0.1) is 0 Å². The number of ketones is 2. The molecule has 0 amide bonds. The van der Waals surface area contributed by atoms with Crippen LogP contribution < -0.4 is 9.47 Å². The van der Waals surface area contributed by atoms with E-state index in [0.29, 0.717) is 11.1 Å². The van der Waals surface area contributed by atoms with Crippen molar-refractivity contribution in [1.82, 2.24) is 0 Å². The van der Waals surface area contributed by atoms with Gasteiger partial charge in [-0.05, 0) is 35.4 Å². The summed E-state index contributed by atoms with van der Waals surface area (Å²) in [6.45, 7) is 0. The molecular formula is C32H28O4. The first kappa shape index (κ1) is 23.6. The molecule has 1 aliphatic rings. The lowest BCUT2D eigenvalue weighted by molar-refractivity contribution is 0.0456. The average Bonchev–Trinajstić information content (AvgIpc) is 2.94. The maximum absolute atomic E-state index is 14.0. The summed E-state index contributed by atoms with van der Waals surface area (Å²) in [5.41, 5.74) is 3.28. The number of carbonyl (C=O) groups excluding carboxylic acids is 2. The standard InChI is InChI=1S/C32H28O4/c1-35-25-17-13-21(14-18-25)27-28(22-15-19-26(36-2)20-16-22)30(32(34)24-11-7-4-8-12-24)29(27)31(33)23-9-5-3-6-10-23/h3-20,27-30H,1-2H3/t27-,28+,29+,30-. The van der Waals surface area contributed by atoms with Crippen molar-refractivity contribution in [3.63, 3.8) is 0 Å². The highest BCUT2D eigenvalue weighted by molar-refractivity contribution is 6.07. The molecule has 0 spiro atoms. The van der Waals surface area contributed by atoms with Gasteiger partial charge < -0.3 is 9.47 Å². The highest BCUT2D eigenvalue weighted by Crippen LogP contribution is 2.59. The van der Waals surface area contributed by atoms with Crippen molar-refractivity contribution < 1.29 is 19.1 Å². The summed E-state index contributed by atoms with van der Waals surface area (Å²) in [5.74, 6) is 0.209. The summed E-state index contributed by atoms with van der Waals surface area (Å²) in [6, 6.07) is 34.3. The van der Waals surface area contributed by atoms with Crippen LogP contribution in [0.4, 0.5) is 0 Å². The highest BCUT2D eigenvalue weighted by Gasteiger charge is 2.57. The summed E-state index contributed by atoms with van der Waals surface area (Å²) in [6.07, 6.45) is 0. The van der Waals surface area contributed by atoms with E-state index in [1.807, 2.05) is 109 Å². The molecule has 0 N–H and O–H groups in total. The number of Topliss-reactive ketones (excluding diaryl/α,β-unsaturated/α-hetero) is 2. The van der Waals surface area contributed by atoms with Gasteiger partial charge in [0.05, 0.1) is 14.2 Å². The van der Waals surface area contributed by atoms with E-state index in [9.17, 15) is 9.59 Å². The molecule has 4 aromatic rings. The number of benzene rings is 4. The zero-order chi connectivity index (χ0) is 25.1. The van der Waals surface area contributed by atoms with Crippen LogP contribution in [0, 0.1) is 11.8 Å². The third kappa shape index (κ3) is 4.31. The zero-order valence-corrected chi connectivity index (χ0v) is 20.3. The van der Waals surface area contributed by atoms with Crippen LogP contribution in [-0.2, 0) is 0 Å². The van der Waals surface area contributed by atoms with Crippen molar-refractivity contribution in [1.29, 1.82) is 0 Å². The third-order valence-corrected chi connectivity index (χ3v) is 7.27. The molecule has 0 saturated heterocycles. The van der Waals surface area contributed by atoms with Gasteiger partial charge >= 0.3 is 0 Å². The SMILES string of the molecule is COc1ccc([C@@H]2[C@@H](C(=O)c3ccccc3)[C@@H](C(=O)c3ccccc3)[C@@H]2c2ccc(OC)cc2)cc1. The van der Waals surface area contributed by atoms with Gasteiger partial charge in [0.1, 0.15) is 11.5 Å². The smallest absolute Gasteiger partial charge is 0.167 e. The quantitative estimate of drug-likeness (QED) is 0.270. The van der Waals surface area contributed by atoms with Gasteiger partial charge in [0.15, 0.2) is 11.6 Å². The van der Waals surface area contributed by atoms with E-state index in [0.717, 1.165) is 22.6 Å². The lowest BCUT2D eigenvalue weighted by atomic mass is 9.49. The minimum absolute atomic E-state index is 0.00420. The Morgan fingerprint density at radius 3 is 1.14 bits per heavy atom. The lowest BCUT2D eigenvalue weighted by Crippen LogP contribution is -2.51. The summed E-state index contributed by atoms with van der Waals surface area (Å²) < 4.78 is 10.7. The number of ether oxygens (including phenoxy) is 2. The molecule has 4 nitrogen and oxygen atoms in total.